The van der Waals surface area contributed by atoms with Crippen molar-refractivity contribution in [1.29, 1.82) is 0 Å². The minimum absolute atomic E-state index is 0.447. The third-order valence-electron chi connectivity index (χ3n) is 3.32. The molecule has 1 aliphatic rings. The third-order valence-corrected chi connectivity index (χ3v) is 3.32. The van der Waals surface area contributed by atoms with E-state index < -0.39 is 0 Å². The van der Waals surface area contributed by atoms with Gasteiger partial charge in [0.05, 0.1) is 5.82 Å². The first kappa shape index (κ1) is 14.3. The second-order valence-electron chi connectivity index (χ2n) is 4.77. The van der Waals surface area contributed by atoms with Gasteiger partial charge >= 0.3 is 0 Å². The Bertz CT molecular complexity index is 213. The predicted molar refractivity (Wildman–Crippen MR) is 71.8 cm³/mol. The minimum Gasteiger partial charge on any atom is -0.381 e. The quantitative estimate of drug-likeness (QED) is 0.624. The molecule has 0 aliphatic carbocycles. The van der Waals surface area contributed by atoms with Crippen molar-refractivity contribution in [3.8, 4) is 0 Å². The maximum Gasteiger partial charge on any atom is 0.0912 e. The molecule has 100 valence electrons. The molecule has 0 aromatic carbocycles. The minimum atomic E-state index is 0.447. The maximum absolute atomic E-state index is 5.50. The Hall–Kier alpha value is -0.740. The third kappa shape index (κ3) is 5.94. The Kier molecular flexibility index (Phi) is 7.05. The molecule has 1 fully saturated rings. The van der Waals surface area contributed by atoms with E-state index in [1.807, 2.05) is 14.1 Å². The van der Waals surface area contributed by atoms with Crippen LogP contribution in [0.2, 0.25) is 0 Å². The van der Waals surface area contributed by atoms with Crippen molar-refractivity contribution in [1.82, 2.24) is 16.0 Å². The van der Waals surface area contributed by atoms with Crippen molar-refractivity contribution < 1.29 is 4.74 Å². The topological polar surface area (TPSA) is 45.3 Å². The molecule has 4 heteroatoms. The van der Waals surface area contributed by atoms with Gasteiger partial charge in [-0.3, -0.25) is 0 Å². The highest BCUT2D eigenvalue weighted by Crippen LogP contribution is 2.20. The van der Waals surface area contributed by atoms with Crippen molar-refractivity contribution in [3.05, 3.63) is 12.4 Å². The summed E-state index contributed by atoms with van der Waals surface area (Å²) in [6.45, 7) is 6.76. The van der Waals surface area contributed by atoms with Crippen LogP contribution in [0.4, 0.5) is 0 Å². The van der Waals surface area contributed by atoms with Gasteiger partial charge in [-0.15, -0.1) is 0 Å². The molecule has 1 unspecified atom stereocenters. The van der Waals surface area contributed by atoms with Gasteiger partial charge in [0.1, 0.15) is 0 Å². The van der Waals surface area contributed by atoms with Gasteiger partial charge in [-0.2, -0.15) is 0 Å². The lowest BCUT2D eigenvalue weighted by molar-refractivity contribution is 0.140. The van der Waals surface area contributed by atoms with Gasteiger partial charge in [0, 0.05) is 32.8 Å². The normalized spacial score (nSPS) is 22.6. The van der Waals surface area contributed by atoms with E-state index in [0.29, 0.717) is 6.04 Å². The molecule has 1 rings (SSSR count). The molecule has 0 radical (unpaired) electrons. The lowest BCUT2D eigenvalue weighted by atomic mass is 9.93. The average molecular weight is 241 g/mol. The molecule has 2 atom stereocenters. The number of likely N-dealkylation sites (N-methyl/N-ethyl adjacent to an activating group) is 1. The second-order valence-corrected chi connectivity index (χ2v) is 4.77. The monoisotopic (exact) mass is 241 g/mol. The van der Waals surface area contributed by atoms with Gasteiger partial charge < -0.3 is 20.7 Å². The van der Waals surface area contributed by atoms with Gasteiger partial charge in [-0.25, -0.2) is 0 Å². The molecule has 1 heterocycles. The number of ether oxygens (including phenoxy) is 1. The van der Waals surface area contributed by atoms with Gasteiger partial charge in [0.2, 0.25) is 0 Å². The van der Waals surface area contributed by atoms with Crippen LogP contribution in [-0.4, -0.2) is 39.9 Å². The molecule has 4 nitrogen and oxygen atoms in total. The summed E-state index contributed by atoms with van der Waals surface area (Å²) in [6, 6.07) is 0.447. The standard InChI is InChI=1S/C13H27N3O/c1-11(15-3)16-13(10-14-2)9-12-5-4-7-17-8-6-12/h12-16H,1,4-10H2,2-3H3/t12?,13-/m0/s1. The van der Waals surface area contributed by atoms with Crippen LogP contribution in [0.5, 0.6) is 0 Å². The fourth-order valence-corrected chi connectivity index (χ4v) is 2.37. The largest absolute Gasteiger partial charge is 0.381 e. The zero-order valence-corrected chi connectivity index (χ0v) is 11.2. The molecule has 0 amide bonds. The zero-order chi connectivity index (χ0) is 12.5. The highest BCUT2D eigenvalue weighted by Gasteiger charge is 2.18. The number of hydrogen-bond donors (Lipinski definition) is 3. The fraction of sp³-hybridized carbons (Fsp3) is 0.846. The molecule has 0 saturated carbocycles. The molecule has 17 heavy (non-hydrogen) atoms. The summed E-state index contributed by atoms with van der Waals surface area (Å²) in [7, 11) is 3.89. The molecule has 3 N–H and O–H groups in total. The number of hydrogen-bond acceptors (Lipinski definition) is 4. The first-order chi connectivity index (χ1) is 8.26. The highest BCUT2D eigenvalue weighted by molar-refractivity contribution is 4.91. The summed E-state index contributed by atoms with van der Waals surface area (Å²) >= 11 is 0. The summed E-state index contributed by atoms with van der Waals surface area (Å²) in [5.41, 5.74) is 0. The van der Waals surface area contributed by atoms with E-state index in [1.165, 1.54) is 25.7 Å². The van der Waals surface area contributed by atoms with E-state index >= 15 is 0 Å². The smallest absolute Gasteiger partial charge is 0.0912 e. The summed E-state index contributed by atoms with van der Waals surface area (Å²) in [6.07, 6.45) is 4.86. The van der Waals surface area contributed by atoms with Crippen LogP contribution in [0.15, 0.2) is 12.4 Å². The SMILES string of the molecule is C=C(NC)N[C@H](CNC)CC1CCCOCC1. The molecule has 0 bridgehead atoms. The Morgan fingerprint density at radius 3 is 2.88 bits per heavy atom. The van der Waals surface area contributed by atoms with Crippen molar-refractivity contribution in [2.45, 2.75) is 31.7 Å². The molecule has 0 spiro atoms. The van der Waals surface area contributed by atoms with Crippen LogP contribution in [0.3, 0.4) is 0 Å². The lowest BCUT2D eigenvalue weighted by Crippen LogP contribution is -2.41. The zero-order valence-electron chi connectivity index (χ0n) is 11.2. The van der Waals surface area contributed by atoms with Crippen molar-refractivity contribution in [2.75, 3.05) is 33.9 Å². The first-order valence-corrected chi connectivity index (χ1v) is 6.61. The van der Waals surface area contributed by atoms with Crippen LogP contribution >= 0.6 is 0 Å². The maximum atomic E-state index is 5.50. The van der Waals surface area contributed by atoms with Crippen LogP contribution in [-0.2, 0) is 4.74 Å². The molecular weight excluding hydrogens is 214 g/mol. The highest BCUT2D eigenvalue weighted by atomic mass is 16.5. The predicted octanol–water partition coefficient (Wildman–Crippen LogP) is 1.06. The molecular formula is C13H27N3O. The van der Waals surface area contributed by atoms with Gasteiger partial charge in [-0.1, -0.05) is 6.58 Å². The molecule has 1 aliphatic heterocycles. The van der Waals surface area contributed by atoms with E-state index in [0.717, 1.165) is 31.5 Å². The number of rotatable bonds is 7. The van der Waals surface area contributed by atoms with Crippen molar-refractivity contribution in [3.63, 3.8) is 0 Å². The first-order valence-electron chi connectivity index (χ1n) is 6.61. The summed E-state index contributed by atoms with van der Waals surface area (Å²) in [4.78, 5) is 0. The van der Waals surface area contributed by atoms with E-state index in [-0.39, 0.29) is 0 Å². The van der Waals surface area contributed by atoms with Crippen LogP contribution in [0.25, 0.3) is 0 Å². The summed E-state index contributed by atoms with van der Waals surface area (Å²) in [5.74, 6) is 1.67. The van der Waals surface area contributed by atoms with Crippen LogP contribution in [0.1, 0.15) is 25.7 Å². The van der Waals surface area contributed by atoms with Crippen molar-refractivity contribution >= 4 is 0 Å². The Morgan fingerprint density at radius 2 is 2.18 bits per heavy atom. The Morgan fingerprint density at radius 1 is 1.35 bits per heavy atom. The molecule has 0 aromatic heterocycles. The van der Waals surface area contributed by atoms with E-state index in [2.05, 4.69) is 22.5 Å². The summed E-state index contributed by atoms with van der Waals surface area (Å²) in [5, 5.41) is 9.71. The summed E-state index contributed by atoms with van der Waals surface area (Å²) < 4.78 is 5.50. The number of nitrogens with one attached hydrogen (secondary N) is 3. The van der Waals surface area contributed by atoms with Gasteiger partial charge in [0.15, 0.2) is 0 Å². The lowest BCUT2D eigenvalue weighted by Gasteiger charge is -2.25. The van der Waals surface area contributed by atoms with Crippen LogP contribution in [0, 0.1) is 5.92 Å². The van der Waals surface area contributed by atoms with E-state index in [9.17, 15) is 0 Å². The van der Waals surface area contributed by atoms with E-state index in [1.54, 1.807) is 0 Å². The average Bonchev–Trinajstić information content (AvgIpc) is 2.57. The fourth-order valence-electron chi connectivity index (χ4n) is 2.37. The van der Waals surface area contributed by atoms with Crippen LogP contribution < -0.4 is 16.0 Å². The van der Waals surface area contributed by atoms with Gasteiger partial charge in [-0.05, 0) is 38.6 Å². The molecule has 1 saturated heterocycles. The van der Waals surface area contributed by atoms with E-state index in [4.69, 9.17) is 4.74 Å². The molecule has 0 aromatic rings. The Balaban J connectivity index is 2.37. The second kappa shape index (κ2) is 8.37. The van der Waals surface area contributed by atoms with Gasteiger partial charge in [0.25, 0.3) is 0 Å². The van der Waals surface area contributed by atoms with Crippen molar-refractivity contribution in [2.24, 2.45) is 5.92 Å². The Labute approximate surface area is 105 Å².